The molecule has 0 aromatic heterocycles. The van der Waals surface area contributed by atoms with E-state index in [9.17, 15) is 9.59 Å². The first-order valence-corrected chi connectivity index (χ1v) is 6.83. The van der Waals surface area contributed by atoms with Gasteiger partial charge in [-0.3, -0.25) is 14.9 Å². The predicted octanol–water partition coefficient (Wildman–Crippen LogP) is 1.82. The van der Waals surface area contributed by atoms with Crippen molar-refractivity contribution in [1.29, 1.82) is 0 Å². The number of nitrogens with two attached hydrogens (primary N) is 1. The summed E-state index contributed by atoms with van der Waals surface area (Å²) in [7, 11) is 0. The number of hydrogen-bond acceptors (Lipinski definition) is 4. The highest BCUT2D eigenvalue weighted by Crippen LogP contribution is 2.31. The summed E-state index contributed by atoms with van der Waals surface area (Å²) in [6.45, 7) is 4.68. The summed E-state index contributed by atoms with van der Waals surface area (Å²) in [4.78, 5) is 23.0. The zero-order valence-corrected chi connectivity index (χ0v) is 11.8. The maximum atomic E-state index is 11.9. The van der Waals surface area contributed by atoms with Gasteiger partial charge in [0, 0.05) is 6.42 Å². The normalized spacial score (nSPS) is 19.1. The van der Waals surface area contributed by atoms with E-state index >= 15 is 0 Å². The van der Waals surface area contributed by atoms with E-state index in [0.717, 1.165) is 5.56 Å². The summed E-state index contributed by atoms with van der Waals surface area (Å²) in [5.41, 5.74) is 7.28. The molecule has 0 spiro atoms. The first kappa shape index (κ1) is 14.4. The second-order valence-electron chi connectivity index (χ2n) is 5.51. The summed E-state index contributed by atoms with van der Waals surface area (Å²) < 4.78 is 5.66. The molecule has 0 bridgehead atoms. The minimum absolute atomic E-state index is 0.210. The fourth-order valence-electron chi connectivity index (χ4n) is 2.16. The van der Waals surface area contributed by atoms with Gasteiger partial charge < -0.3 is 10.5 Å². The van der Waals surface area contributed by atoms with Crippen molar-refractivity contribution in [3.05, 3.63) is 23.8 Å². The molecule has 1 aromatic carbocycles. The van der Waals surface area contributed by atoms with Crippen LogP contribution in [0.25, 0.3) is 0 Å². The fraction of sp³-hybridized carbons (Fsp3) is 0.467. The van der Waals surface area contributed by atoms with Crippen molar-refractivity contribution in [2.45, 2.75) is 32.6 Å². The standard InChI is InChI=1S/C15H20N2O3/c1-9(2)8-20-13-7-10(3-5-12(13)16)11-4-6-14(18)17-15(11)19/h3,5,7,9,11H,4,6,8,16H2,1-2H3,(H,17,18,19). The Hall–Kier alpha value is -2.04. The third-order valence-electron chi connectivity index (χ3n) is 3.25. The van der Waals surface area contributed by atoms with Crippen LogP contribution in [-0.4, -0.2) is 18.4 Å². The van der Waals surface area contributed by atoms with E-state index in [1.54, 1.807) is 12.1 Å². The van der Waals surface area contributed by atoms with Crippen LogP contribution in [0.1, 0.15) is 38.2 Å². The van der Waals surface area contributed by atoms with Crippen molar-refractivity contribution in [2.24, 2.45) is 5.92 Å². The van der Waals surface area contributed by atoms with Crippen molar-refractivity contribution < 1.29 is 14.3 Å². The van der Waals surface area contributed by atoms with Gasteiger partial charge in [-0.05, 0) is 30.0 Å². The van der Waals surface area contributed by atoms with Crippen LogP contribution < -0.4 is 15.8 Å². The number of imide groups is 1. The molecule has 0 radical (unpaired) electrons. The molecule has 1 aromatic rings. The second kappa shape index (κ2) is 5.94. The molecule has 108 valence electrons. The van der Waals surface area contributed by atoms with E-state index in [4.69, 9.17) is 10.5 Å². The smallest absolute Gasteiger partial charge is 0.234 e. The average Bonchev–Trinajstić information content (AvgIpc) is 2.38. The topological polar surface area (TPSA) is 81.4 Å². The van der Waals surface area contributed by atoms with E-state index in [1.807, 2.05) is 6.07 Å². The molecule has 2 rings (SSSR count). The first-order chi connectivity index (χ1) is 9.47. The minimum Gasteiger partial charge on any atom is -0.491 e. The Balaban J connectivity index is 2.18. The fourth-order valence-corrected chi connectivity index (χ4v) is 2.16. The summed E-state index contributed by atoms with van der Waals surface area (Å²) in [6.07, 6.45) is 0.890. The monoisotopic (exact) mass is 276 g/mol. The molecule has 1 atom stereocenters. The van der Waals surface area contributed by atoms with Crippen LogP contribution in [0.5, 0.6) is 5.75 Å². The Labute approximate surface area is 118 Å². The molecule has 5 heteroatoms. The molecule has 5 nitrogen and oxygen atoms in total. The lowest BCUT2D eigenvalue weighted by Crippen LogP contribution is -2.39. The van der Waals surface area contributed by atoms with Gasteiger partial charge in [-0.15, -0.1) is 0 Å². The Morgan fingerprint density at radius 1 is 1.40 bits per heavy atom. The van der Waals surface area contributed by atoms with Crippen molar-refractivity contribution in [3.8, 4) is 5.75 Å². The molecule has 0 saturated carbocycles. The van der Waals surface area contributed by atoms with Gasteiger partial charge in [0.2, 0.25) is 11.8 Å². The maximum absolute atomic E-state index is 11.9. The molecule has 20 heavy (non-hydrogen) atoms. The number of carbonyl (C=O) groups is 2. The molecule has 1 saturated heterocycles. The predicted molar refractivity (Wildman–Crippen MR) is 76.3 cm³/mol. The number of nitrogens with one attached hydrogen (secondary N) is 1. The summed E-state index contributed by atoms with van der Waals surface area (Å²) in [5, 5.41) is 2.36. The van der Waals surface area contributed by atoms with E-state index in [2.05, 4.69) is 19.2 Å². The molecule has 2 amide bonds. The quantitative estimate of drug-likeness (QED) is 0.649. The molecule has 1 aliphatic heterocycles. The van der Waals surface area contributed by atoms with Crippen molar-refractivity contribution >= 4 is 17.5 Å². The lowest BCUT2D eigenvalue weighted by molar-refractivity contribution is -0.134. The number of rotatable bonds is 4. The number of benzene rings is 1. The Bertz CT molecular complexity index is 526. The number of hydrogen-bond donors (Lipinski definition) is 2. The zero-order valence-electron chi connectivity index (χ0n) is 11.8. The highest BCUT2D eigenvalue weighted by atomic mass is 16.5. The Kier molecular flexibility index (Phi) is 4.27. The first-order valence-electron chi connectivity index (χ1n) is 6.83. The summed E-state index contributed by atoms with van der Waals surface area (Å²) in [6, 6.07) is 5.37. The molecule has 1 fully saturated rings. The van der Waals surface area contributed by atoms with Gasteiger partial charge in [-0.25, -0.2) is 0 Å². The minimum atomic E-state index is -0.310. The largest absolute Gasteiger partial charge is 0.491 e. The molecule has 0 aliphatic carbocycles. The van der Waals surface area contributed by atoms with E-state index in [1.165, 1.54) is 0 Å². The van der Waals surface area contributed by atoms with Crippen LogP contribution in [0, 0.1) is 5.92 Å². The van der Waals surface area contributed by atoms with E-state index in [0.29, 0.717) is 36.8 Å². The van der Waals surface area contributed by atoms with Crippen LogP contribution >= 0.6 is 0 Å². The van der Waals surface area contributed by atoms with Crippen LogP contribution in [0.15, 0.2) is 18.2 Å². The Morgan fingerprint density at radius 2 is 2.15 bits per heavy atom. The molecule has 1 unspecified atom stereocenters. The van der Waals surface area contributed by atoms with Crippen LogP contribution in [0.3, 0.4) is 0 Å². The van der Waals surface area contributed by atoms with Crippen molar-refractivity contribution in [3.63, 3.8) is 0 Å². The van der Waals surface area contributed by atoms with Gasteiger partial charge in [0.15, 0.2) is 0 Å². The van der Waals surface area contributed by atoms with Crippen molar-refractivity contribution in [2.75, 3.05) is 12.3 Å². The third kappa shape index (κ3) is 3.29. The lowest BCUT2D eigenvalue weighted by Gasteiger charge is -2.22. The molecule has 1 aliphatic rings. The average molecular weight is 276 g/mol. The molecular formula is C15H20N2O3. The molecule has 3 N–H and O–H groups in total. The van der Waals surface area contributed by atoms with E-state index in [-0.39, 0.29) is 17.7 Å². The van der Waals surface area contributed by atoms with Crippen LogP contribution in [0.2, 0.25) is 0 Å². The van der Waals surface area contributed by atoms with Crippen molar-refractivity contribution in [1.82, 2.24) is 5.32 Å². The second-order valence-corrected chi connectivity index (χ2v) is 5.51. The summed E-state index contributed by atoms with van der Waals surface area (Å²) in [5.74, 6) is 0.225. The van der Waals surface area contributed by atoms with Crippen LogP contribution in [-0.2, 0) is 9.59 Å². The van der Waals surface area contributed by atoms with Gasteiger partial charge in [0.05, 0.1) is 18.2 Å². The maximum Gasteiger partial charge on any atom is 0.234 e. The number of carbonyl (C=O) groups excluding carboxylic acids is 2. The van der Waals surface area contributed by atoms with Crippen LogP contribution in [0.4, 0.5) is 5.69 Å². The number of anilines is 1. The lowest BCUT2D eigenvalue weighted by atomic mass is 9.90. The molecule has 1 heterocycles. The number of ether oxygens (including phenoxy) is 1. The van der Waals surface area contributed by atoms with Gasteiger partial charge in [-0.1, -0.05) is 19.9 Å². The number of amides is 2. The zero-order chi connectivity index (χ0) is 14.7. The highest BCUT2D eigenvalue weighted by molar-refractivity contribution is 6.01. The number of piperidine rings is 1. The SMILES string of the molecule is CC(C)COc1cc(C2CCC(=O)NC2=O)ccc1N. The summed E-state index contributed by atoms with van der Waals surface area (Å²) >= 11 is 0. The van der Waals surface area contributed by atoms with E-state index < -0.39 is 0 Å². The highest BCUT2D eigenvalue weighted by Gasteiger charge is 2.28. The molecular weight excluding hydrogens is 256 g/mol. The van der Waals surface area contributed by atoms with Gasteiger partial charge in [0.25, 0.3) is 0 Å². The Morgan fingerprint density at radius 3 is 2.80 bits per heavy atom. The van der Waals surface area contributed by atoms with Gasteiger partial charge in [0.1, 0.15) is 5.75 Å². The number of nitrogen functional groups attached to an aromatic ring is 1. The third-order valence-corrected chi connectivity index (χ3v) is 3.25. The van der Waals surface area contributed by atoms with Gasteiger partial charge in [-0.2, -0.15) is 0 Å². The van der Waals surface area contributed by atoms with Gasteiger partial charge >= 0.3 is 0 Å².